The number of carbonyl (C=O) groups excluding carboxylic acids is 1. The number of amides is 1. The maximum absolute atomic E-state index is 12.0. The standard InChI is InChI=1S/C18H16N6O2S/c1-10-7-11(2)9-13(8-10)24-12(3)15(21-23-24)16-19-18(27-22-16)20-17(25)14-5-4-6-26-14/h4-9H,1-3H3,(H,19,20,22,25). The third-order valence-electron chi connectivity index (χ3n) is 3.95. The number of hydrogen-bond acceptors (Lipinski definition) is 7. The van der Waals surface area contributed by atoms with Crippen molar-refractivity contribution in [3.05, 3.63) is 59.2 Å². The van der Waals surface area contributed by atoms with Gasteiger partial charge in [0.25, 0.3) is 5.91 Å². The molecule has 0 fully saturated rings. The van der Waals surface area contributed by atoms with Gasteiger partial charge in [-0.2, -0.15) is 9.36 Å². The lowest BCUT2D eigenvalue weighted by atomic mass is 10.1. The van der Waals surface area contributed by atoms with Crippen molar-refractivity contribution in [1.29, 1.82) is 0 Å². The summed E-state index contributed by atoms with van der Waals surface area (Å²) in [7, 11) is 0. The Morgan fingerprint density at radius 3 is 2.67 bits per heavy atom. The Labute approximate surface area is 159 Å². The summed E-state index contributed by atoms with van der Waals surface area (Å²) in [5, 5.41) is 11.5. The highest BCUT2D eigenvalue weighted by Crippen LogP contribution is 2.24. The topological polar surface area (TPSA) is 98.7 Å². The second kappa shape index (κ2) is 6.76. The van der Waals surface area contributed by atoms with Crippen LogP contribution in [0.4, 0.5) is 5.13 Å². The number of aryl methyl sites for hydroxylation is 2. The summed E-state index contributed by atoms with van der Waals surface area (Å²) in [6.07, 6.45) is 1.44. The molecule has 136 valence electrons. The zero-order valence-electron chi connectivity index (χ0n) is 14.9. The normalized spacial score (nSPS) is 10.9. The summed E-state index contributed by atoms with van der Waals surface area (Å²) in [5.41, 5.74) is 4.63. The van der Waals surface area contributed by atoms with Crippen LogP contribution < -0.4 is 5.32 Å². The summed E-state index contributed by atoms with van der Waals surface area (Å²) in [6, 6.07) is 9.42. The van der Waals surface area contributed by atoms with E-state index in [4.69, 9.17) is 4.42 Å². The number of carbonyl (C=O) groups is 1. The number of anilines is 1. The zero-order chi connectivity index (χ0) is 19.0. The first-order chi connectivity index (χ1) is 13.0. The van der Waals surface area contributed by atoms with Gasteiger partial charge in [-0.25, -0.2) is 4.68 Å². The molecular formula is C18H16N6O2S. The molecule has 27 heavy (non-hydrogen) atoms. The molecule has 9 heteroatoms. The lowest BCUT2D eigenvalue weighted by Gasteiger charge is -2.06. The van der Waals surface area contributed by atoms with E-state index in [0.717, 1.165) is 34.0 Å². The van der Waals surface area contributed by atoms with E-state index in [9.17, 15) is 4.79 Å². The molecule has 0 spiro atoms. The quantitative estimate of drug-likeness (QED) is 0.581. The Kier molecular flexibility index (Phi) is 4.28. The Hall–Kier alpha value is -3.33. The minimum Gasteiger partial charge on any atom is -0.459 e. The molecule has 0 saturated carbocycles. The van der Waals surface area contributed by atoms with Crippen LogP contribution in [0.1, 0.15) is 27.4 Å². The van der Waals surface area contributed by atoms with Crippen LogP contribution in [0.3, 0.4) is 0 Å². The molecule has 4 rings (SSSR count). The van der Waals surface area contributed by atoms with Gasteiger partial charge in [0.15, 0.2) is 17.3 Å². The van der Waals surface area contributed by atoms with Gasteiger partial charge >= 0.3 is 0 Å². The highest BCUT2D eigenvalue weighted by atomic mass is 32.1. The van der Waals surface area contributed by atoms with E-state index in [0.29, 0.717) is 16.6 Å². The molecule has 0 unspecified atom stereocenters. The van der Waals surface area contributed by atoms with Crippen LogP contribution in [-0.4, -0.2) is 30.3 Å². The maximum Gasteiger partial charge on any atom is 0.293 e. The van der Waals surface area contributed by atoms with Crippen molar-refractivity contribution < 1.29 is 9.21 Å². The smallest absolute Gasteiger partial charge is 0.293 e. The van der Waals surface area contributed by atoms with Crippen LogP contribution in [0.2, 0.25) is 0 Å². The summed E-state index contributed by atoms with van der Waals surface area (Å²) < 4.78 is 11.1. The van der Waals surface area contributed by atoms with Crippen molar-refractivity contribution in [2.24, 2.45) is 0 Å². The van der Waals surface area contributed by atoms with E-state index in [1.165, 1.54) is 6.26 Å². The Balaban J connectivity index is 1.61. The van der Waals surface area contributed by atoms with E-state index in [-0.39, 0.29) is 11.7 Å². The van der Waals surface area contributed by atoms with Crippen molar-refractivity contribution in [3.8, 4) is 17.2 Å². The molecule has 0 aliphatic heterocycles. The van der Waals surface area contributed by atoms with Crippen LogP contribution in [0.25, 0.3) is 17.2 Å². The highest BCUT2D eigenvalue weighted by molar-refractivity contribution is 7.10. The molecule has 0 atom stereocenters. The average molecular weight is 380 g/mol. The van der Waals surface area contributed by atoms with E-state index in [1.807, 2.05) is 32.9 Å². The fourth-order valence-electron chi connectivity index (χ4n) is 2.79. The van der Waals surface area contributed by atoms with Crippen LogP contribution in [0.5, 0.6) is 0 Å². The monoisotopic (exact) mass is 380 g/mol. The van der Waals surface area contributed by atoms with Gasteiger partial charge in [-0.1, -0.05) is 11.3 Å². The molecule has 0 bridgehead atoms. The molecule has 0 radical (unpaired) electrons. The number of nitrogens with zero attached hydrogens (tertiary/aromatic N) is 5. The van der Waals surface area contributed by atoms with E-state index < -0.39 is 0 Å². The Bertz CT molecular complexity index is 1090. The first-order valence-electron chi connectivity index (χ1n) is 8.21. The molecule has 3 heterocycles. The summed E-state index contributed by atoms with van der Waals surface area (Å²) >= 11 is 1.08. The van der Waals surface area contributed by atoms with Crippen molar-refractivity contribution in [3.63, 3.8) is 0 Å². The number of nitrogens with one attached hydrogen (secondary N) is 1. The minimum absolute atomic E-state index is 0.212. The molecule has 0 saturated heterocycles. The van der Waals surface area contributed by atoms with Crippen LogP contribution >= 0.6 is 11.5 Å². The van der Waals surface area contributed by atoms with Gasteiger partial charge in [-0.3, -0.25) is 10.1 Å². The third kappa shape index (κ3) is 3.36. The number of hydrogen-bond donors (Lipinski definition) is 1. The molecule has 8 nitrogen and oxygen atoms in total. The fraction of sp³-hybridized carbons (Fsp3) is 0.167. The number of furan rings is 1. The van der Waals surface area contributed by atoms with Crippen LogP contribution in [0, 0.1) is 20.8 Å². The highest BCUT2D eigenvalue weighted by Gasteiger charge is 2.18. The van der Waals surface area contributed by atoms with Crippen molar-refractivity contribution in [2.45, 2.75) is 20.8 Å². The van der Waals surface area contributed by atoms with E-state index in [1.54, 1.807) is 16.8 Å². The maximum atomic E-state index is 12.0. The molecule has 0 aliphatic carbocycles. The van der Waals surface area contributed by atoms with Crippen molar-refractivity contribution in [1.82, 2.24) is 24.4 Å². The summed E-state index contributed by atoms with van der Waals surface area (Å²) in [4.78, 5) is 16.4. The van der Waals surface area contributed by atoms with E-state index in [2.05, 4.69) is 31.1 Å². The summed E-state index contributed by atoms with van der Waals surface area (Å²) in [6.45, 7) is 5.99. The number of rotatable bonds is 4. The summed E-state index contributed by atoms with van der Waals surface area (Å²) in [5.74, 6) is 0.255. The largest absolute Gasteiger partial charge is 0.459 e. The van der Waals surface area contributed by atoms with Gasteiger partial charge in [0.05, 0.1) is 17.6 Å². The van der Waals surface area contributed by atoms with Crippen LogP contribution in [-0.2, 0) is 0 Å². The fourth-order valence-corrected chi connectivity index (χ4v) is 3.36. The molecular weight excluding hydrogens is 364 g/mol. The second-order valence-electron chi connectivity index (χ2n) is 6.14. The van der Waals surface area contributed by atoms with Gasteiger partial charge < -0.3 is 4.42 Å². The molecule has 1 amide bonds. The van der Waals surface area contributed by atoms with Gasteiger partial charge in [0.2, 0.25) is 5.13 Å². The lowest BCUT2D eigenvalue weighted by Crippen LogP contribution is -2.10. The predicted molar refractivity (Wildman–Crippen MR) is 101 cm³/mol. The van der Waals surface area contributed by atoms with Gasteiger partial charge in [-0.05, 0) is 56.2 Å². The minimum atomic E-state index is -0.377. The van der Waals surface area contributed by atoms with Crippen molar-refractivity contribution >= 4 is 22.6 Å². The third-order valence-corrected chi connectivity index (χ3v) is 4.58. The van der Waals surface area contributed by atoms with Gasteiger partial charge in [0, 0.05) is 11.5 Å². The molecule has 3 aromatic heterocycles. The van der Waals surface area contributed by atoms with Crippen LogP contribution in [0.15, 0.2) is 41.0 Å². The SMILES string of the molecule is Cc1cc(C)cc(-n2nnc(-c3nsc(NC(=O)c4ccco4)n3)c2C)c1. The Morgan fingerprint density at radius 2 is 1.96 bits per heavy atom. The Morgan fingerprint density at radius 1 is 1.19 bits per heavy atom. The first-order valence-corrected chi connectivity index (χ1v) is 8.98. The average Bonchev–Trinajstić information content (AvgIpc) is 3.34. The second-order valence-corrected chi connectivity index (χ2v) is 6.89. The first kappa shape index (κ1) is 17.1. The number of benzene rings is 1. The number of aromatic nitrogens is 5. The van der Waals surface area contributed by atoms with E-state index >= 15 is 0 Å². The lowest BCUT2D eigenvalue weighted by molar-refractivity contribution is 0.0996. The molecule has 1 aromatic carbocycles. The predicted octanol–water partition coefficient (Wildman–Crippen LogP) is 3.56. The molecule has 0 aliphatic rings. The van der Waals surface area contributed by atoms with Gasteiger partial charge in [-0.15, -0.1) is 5.10 Å². The molecule has 1 N–H and O–H groups in total. The molecule has 4 aromatic rings. The van der Waals surface area contributed by atoms with Crippen molar-refractivity contribution in [2.75, 3.05) is 5.32 Å². The zero-order valence-corrected chi connectivity index (χ0v) is 15.7. The van der Waals surface area contributed by atoms with Gasteiger partial charge in [0.1, 0.15) is 0 Å².